The average Bonchev–Trinajstić information content (AvgIpc) is 2.16. The zero-order valence-electron chi connectivity index (χ0n) is 8.13. The SMILES string of the molecule is C=CCN1CCCN[CH][CH]CNC1. The lowest BCUT2D eigenvalue weighted by molar-refractivity contribution is 0.275. The molecule has 0 atom stereocenters. The minimum absolute atomic E-state index is 0.931. The smallest absolute Gasteiger partial charge is 0.0483 e. The van der Waals surface area contributed by atoms with Gasteiger partial charge in [-0.05, 0) is 19.4 Å². The van der Waals surface area contributed by atoms with Crippen molar-refractivity contribution in [3.05, 3.63) is 25.6 Å². The minimum atomic E-state index is 0.931. The fraction of sp³-hybridized carbons (Fsp3) is 0.600. The second-order valence-corrected chi connectivity index (χ2v) is 3.19. The van der Waals surface area contributed by atoms with Gasteiger partial charge in [-0.25, -0.2) is 0 Å². The van der Waals surface area contributed by atoms with Crippen molar-refractivity contribution in [1.82, 2.24) is 15.5 Å². The molecule has 0 bridgehead atoms. The van der Waals surface area contributed by atoms with Crippen molar-refractivity contribution < 1.29 is 0 Å². The Morgan fingerprint density at radius 2 is 2.46 bits per heavy atom. The Hall–Kier alpha value is -0.380. The second kappa shape index (κ2) is 7.06. The molecule has 2 radical (unpaired) electrons. The number of hydrogen-bond donors (Lipinski definition) is 2. The van der Waals surface area contributed by atoms with Crippen LogP contribution in [0.4, 0.5) is 0 Å². The molecule has 3 nitrogen and oxygen atoms in total. The predicted molar refractivity (Wildman–Crippen MR) is 55.9 cm³/mol. The van der Waals surface area contributed by atoms with Crippen LogP contribution in [-0.2, 0) is 0 Å². The molecule has 1 rings (SSSR count). The van der Waals surface area contributed by atoms with Gasteiger partial charge in [0.2, 0.25) is 0 Å². The molecule has 0 unspecified atom stereocenters. The van der Waals surface area contributed by atoms with Crippen molar-refractivity contribution in [3.8, 4) is 0 Å². The average molecular weight is 181 g/mol. The molecule has 0 aromatic rings. The summed E-state index contributed by atoms with van der Waals surface area (Å²) in [5.74, 6) is 0. The molecule has 0 aliphatic carbocycles. The third-order valence-electron chi connectivity index (χ3n) is 2.02. The van der Waals surface area contributed by atoms with E-state index in [0.29, 0.717) is 0 Å². The fourth-order valence-electron chi connectivity index (χ4n) is 1.35. The van der Waals surface area contributed by atoms with E-state index < -0.39 is 0 Å². The van der Waals surface area contributed by atoms with Crippen molar-refractivity contribution in [3.63, 3.8) is 0 Å². The van der Waals surface area contributed by atoms with Crippen LogP contribution in [0.15, 0.2) is 12.7 Å². The van der Waals surface area contributed by atoms with Crippen LogP contribution >= 0.6 is 0 Å². The molecular formula is C10H19N3. The van der Waals surface area contributed by atoms with Gasteiger partial charge in [-0.15, -0.1) is 6.58 Å². The Bertz CT molecular complexity index is 126. The second-order valence-electron chi connectivity index (χ2n) is 3.19. The molecule has 0 aromatic heterocycles. The summed E-state index contributed by atoms with van der Waals surface area (Å²) in [6.07, 6.45) is 5.24. The summed E-state index contributed by atoms with van der Waals surface area (Å²) in [4.78, 5) is 2.36. The Morgan fingerprint density at radius 3 is 3.31 bits per heavy atom. The van der Waals surface area contributed by atoms with E-state index in [9.17, 15) is 0 Å². The molecular weight excluding hydrogens is 162 g/mol. The topological polar surface area (TPSA) is 27.3 Å². The van der Waals surface area contributed by atoms with Gasteiger partial charge in [-0.2, -0.15) is 0 Å². The molecule has 2 N–H and O–H groups in total. The fourth-order valence-corrected chi connectivity index (χ4v) is 1.35. The zero-order valence-corrected chi connectivity index (χ0v) is 8.13. The number of nitrogens with zero attached hydrogens (tertiary/aromatic N) is 1. The zero-order chi connectivity index (χ0) is 9.36. The van der Waals surface area contributed by atoms with E-state index >= 15 is 0 Å². The molecule has 74 valence electrons. The van der Waals surface area contributed by atoms with Gasteiger partial charge in [0.05, 0.1) is 0 Å². The molecule has 1 aliphatic rings. The molecule has 3 heteroatoms. The molecule has 1 heterocycles. The van der Waals surface area contributed by atoms with Crippen LogP contribution in [0.25, 0.3) is 0 Å². The third-order valence-corrected chi connectivity index (χ3v) is 2.02. The molecule has 0 amide bonds. The normalized spacial score (nSPS) is 22.5. The van der Waals surface area contributed by atoms with E-state index in [1.165, 1.54) is 6.42 Å². The van der Waals surface area contributed by atoms with E-state index in [1.54, 1.807) is 0 Å². The van der Waals surface area contributed by atoms with Crippen molar-refractivity contribution >= 4 is 0 Å². The molecule has 1 aliphatic heterocycles. The first kappa shape index (κ1) is 10.7. The Morgan fingerprint density at radius 1 is 1.54 bits per heavy atom. The molecule has 0 aromatic carbocycles. The highest BCUT2D eigenvalue weighted by molar-refractivity contribution is 4.84. The molecule has 0 spiro atoms. The highest BCUT2D eigenvalue weighted by Gasteiger charge is 2.03. The van der Waals surface area contributed by atoms with Crippen LogP contribution in [0.1, 0.15) is 6.42 Å². The van der Waals surface area contributed by atoms with Crippen molar-refractivity contribution in [2.45, 2.75) is 6.42 Å². The summed E-state index contributed by atoms with van der Waals surface area (Å²) < 4.78 is 0. The Balaban J connectivity index is 2.21. The first-order chi connectivity index (χ1) is 6.43. The maximum Gasteiger partial charge on any atom is 0.0483 e. The van der Waals surface area contributed by atoms with E-state index in [2.05, 4.69) is 28.5 Å². The standard InChI is InChI=1S/C10H19N3/c1-2-8-13-9-4-7-11-5-3-6-12-10-13/h2-3,5,11-12H,1,4,6-10H2. The number of rotatable bonds is 2. The summed E-state index contributed by atoms with van der Waals surface area (Å²) in [5, 5.41) is 6.59. The summed E-state index contributed by atoms with van der Waals surface area (Å²) in [6.45, 7) is 10.8. The van der Waals surface area contributed by atoms with Gasteiger partial charge in [0.1, 0.15) is 0 Å². The van der Waals surface area contributed by atoms with E-state index in [0.717, 1.165) is 32.8 Å². The monoisotopic (exact) mass is 181 g/mol. The van der Waals surface area contributed by atoms with Gasteiger partial charge < -0.3 is 10.6 Å². The van der Waals surface area contributed by atoms with Gasteiger partial charge in [0.25, 0.3) is 0 Å². The van der Waals surface area contributed by atoms with E-state index in [-0.39, 0.29) is 0 Å². The van der Waals surface area contributed by atoms with Crippen LogP contribution in [0.5, 0.6) is 0 Å². The predicted octanol–water partition coefficient (Wildman–Crippen LogP) is 0.381. The van der Waals surface area contributed by atoms with Crippen LogP contribution in [0, 0.1) is 13.0 Å². The molecule has 1 saturated heterocycles. The highest BCUT2D eigenvalue weighted by atomic mass is 15.2. The van der Waals surface area contributed by atoms with Crippen LogP contribution in [0.3, 0.4) is 0 Å². The largest absolute Gasteiger partial charge is 0.312 e. The van der Waals surface area contributed by atoms with Gasteiger partial charge in [0.15, 0.2) is 0 Å². The quantitative estimate of drug-likeness (QED) is 0.603. The van der Waals surface area contributed by atoms with Gasteiger partial charge in [-0.3, -0.25) is 4.90 Å². The summed E-state index contributed by atoms with van der Waals surface area (Å²) in [7, 11) is 0. The van der Waals surface area contributed by atoms with Crippen LogP contribution < -0.4 is 10.6 Å². The van der Waals surface area contributed by atoms with Crippen LogP contribution in [-0.4, -0.2) is 37.7 Å². The lowest BCUT2D eigenvalue weighted by Gasteiger charge is -2.22. The van der Waals surface area contributed by atoms with Gasteiger partial charge in [-0.1, -0.05) is 6.08 Å². The maximum absolute atomic E-state index is 3.75. The van der Waals surface area contributed by atoms with E-state index in [4.69, 9.17) is 0 Å². The van der Waals surface area contributed by atoms with Gasteiger partial charge in [0, 0.05) is 32.8 Å². The molecule has 0 saturated carbocycles. The summed E-state index contributed by atoms with van der Waals surface area (Å²) in [6, 6.07) is 0. The molecule has 13 heavy (non-hydrogen) atoms. The summed E-state index contributed by atoms with van der Waals surface area (Å²) >= 11 is 0. The lowest BCUT2D eigenvalue weighted by Crippen LogP contribution is -2.38. The van der Waals surface area contributed by atoms with Gasteiger partial charge >= 0.3 is 0 Å². The lowest BCUT2D eigenvalue weighted by atomic mass is 10.3. The van der Waals surface area contributed by atoms with Crippen molar-refractivity contribution in [1.29, 1.82) is 0 Å². The van der Waals surface area contributed by atoms with E-state index in [1.807, 2.05) is 12.6 Å². The first-order valence-corrected chi connectivity index (χ1v) is 4.86. The third kappa shape index (κ3) is 5.03. The van der Waals surface area contributed by atoms with Crippen LogP contribution in [0.2, 0.25) is 0 Å². The molecule has 1 fully saturated rings. The highest BCUT2D eigenvalue weighted by Crippen LogP contribution is 1.92. The first-order valence-electron chi connectivity index (χ1n) is 4.86. The maximum atomic E-state index is 3.75. The van der Waals surface area contributed by atoms with Crippen molar-refractivity contribution in [2.24, 2.45) is 0 Å². The minimum Gasteiger partial charge on any atom is -0.312 e. The number of nitrogens with one attached hydrogen (secondary N) is 2. The summed E-state index contributed by atoms with van der Waals surface area (Å²) in [5.41, 5.74) is 0. The Kier molecular flexibility index (Phi) is 5.81. The Labute approximate surface area is 81.2 Å². The van der Waals surface area contributed by atoms with Crippen molar-refractivity contribution in [2.75, 3.05) is 32.8 Å². The number of hydrogen-bond acceptors (Lipinski definition) is 3.